The lowest BCUT2D eigenvalue weighted by atomic mass is 10.1. The van der Waals surface area contributed by atoms with Crippen LogP contribution in [0.4, 0.5) is 5.82 Å². The highest BCUT2D eigenvalue weighted by Gasteiger charge is 2.18. The Hall–Kier alpha value is -3.74. The van der Waals surface area contributed by atoms with E-state index in [2.05, 4.69) is 10.3 Å². The van der Waals surface area contributed by atoms with E-state index in [1.54, 1.807) is 19.5 Å². The molecule has 0 spiro atoms. The van der Waals surface area contributed by atoms with Gasteiger partial charge in [0.05, 0.1) is 13.3 Å². The number of nitrogens with one attached hydrogen (secondary N) is 1. The molecule has 0 fully saturated rings. The molecule has 0 amide bonds. The summed E-state index contributed by atoms with van der Waals surface area (Å²) in [6, 6.07) is 13.8. The molecule has 1 N–H and O–H groups in total. The van der Waals surface area contributed by atoms with Crippen LogP contribution in [0.3, 0.4) is 0 Å². The van der Waals surface area contributed by atoms with Gasteiger partial charge in [-0.25, -0.2) is 4.98 Å². The Balaban J connectivity index is 1.54. The number of para-hydroxylation sites is 1. The van der Waals surface area contributed by atoms with E-state index < -0.39 is 0 Å². The molecule has 7 heteroatoms. The molecule has 4 aromatic rings. The molecule has 0 radical (unpaired) electrons. The number of hydrogen-bond acceptors (Lipinski definition) is 6. The molecule has 2 aromatic carbocycles. The van der Waals surface area contributed by atoms with E-state index in [0.29, 0.717) is 6.54 Å². The third kappa shape index (κ3) is 2.77. The van der Waals surface area contributed by atoms with Gasteiger partial charge in [0.2, 0.25) is 6.79 Å². The van der Waals surface area contributed by atoms with Crippen molar-refractivity contribution in [2.24, 2.45) is 0 Å². The van der Waals surface area contributed by atoms with Gasteiger partial charge in [-0.3, -0.25) is 9.38 Å². The molecule has 0 bridgehead atoms. The molecule has 0 saturated heterocycles. The number of imidazole rings is 1. The Morgan fingerprint density at radius 1 is 1.14 bits per heavy atom. The standard InChI is InChI=1S/C21H18N4O3/c1-26-16-5-3-2-4-15(16)20-21(25-9-8-22-12-19(25)24-20)23-11-14-6-7-17-18(10-14)28-13-27-17/h2-10,12,23H,11,13H2,1H3. The molecule has 0 saturated carbocycles. The molecule has 5 rings (SSSR count). The van der Waals surface area contributed by atoms with Crippen molar-refractivity contribution < 1.29 is 14.2 Å². The minimum Gasteiger partial charge on any atom is -0.496 e. The summed E-state index contributed by atoms with van der Waals surface area (Å²) in [4.78, 5) is 8.96. The van der Waals surface area contributed by atoms with Crippen molar-refractivity contribution in [3.63, 3.8) is 0 Å². The van der Waals surface area contributed by atoms with Crippen molar-refractivity contribution in [1.82, 2.24) is 14.4 Å². The third-order valence-electron chi connectivity index (χ3n) is 4.69. The Labute approximate surface area is 161 Å². The molecule has 0 unspecified atom stereocenters. The molecular formula is C21H18N4O3. The first-order chi connectivity index (χ1) is 13.8. The average Bonchev–Trinajstić information content (AvgIpc) is 3.36. The van der Waals surface area contributed by atoms with Gasteiger partial charge < -0.3 is 19.5 Å². The molecular weight excluding hydrogens is 356 g/mol. The summed E-state index contributed by atoms with van der Waals surface area (Å²) >= 11 is 0. The summed E-state index contributed by atoms with van der Waals surface area (Å²) in [5.74, 6) is 3.19. The van der Waals surface area contributed by atoms with Crippen LogP contribution >= 0.6 is 0 Å². The smallest absolute Gasteiger partial charge is 0.231 e. The minimum absolute atomic E-state index is 0.268. The number of fused-ring (bicyclic) bond motifs is 2. The lowest BCUT2D eigenvalue weighted by Gasteiger charge is -2.11. The van der Waals surface area contributed by atoms with Crippen LogP contribution in [0.5, 0.6) is 17.2 Å². The van der Waals surface area contributed by atoms with Gasteiger partial charge in [-0.1, -0.05) is 18.2 Å². The summed E-state index contributed by atoms with van der Waals surface area (Å²) in [6.45, 7) is 0.874. The number of hydrogen-bond donors (Lipinski definition) is 1. The van der Waals surface area contributed by atoms with Gasteiger partial charge in [-0.15, -0.1) is 0 Å². The first-order valence-electron chi connectivity index (χ1n) is 8.91. The zero-order valence-corrected chi connectivity index (χ0v) is 15.3. The first kappa shape index (κ1) is 16.4. The minimum atomic E-state index is 0.268. The van der Waals surface area contributed by atoms with Gasteiger partial charge in [0.1, 0.15) is 17.3 Å². The van der Waals surface area contributed by atoms with Gasteiger partial charge >= 0.3 is 0 Å². The van der Waals surface area contributed by atoms with Crippen LogP contribution < -0.4 is 19.5 Å². The quantitative estimate of drug-likeness (QED) is 0.574. The van der Waals surface area contributed by atoms with E-state index in [4.69, 9.17) is 19.2 Å². The normalized spacial score (nSPS) is 12.3. The fraction of sp³-hybridized carbons (Fsp3) is 0.143. The highest BCUT2D eigenvalue weighted by Crippen LogP contribution is 2.36. The van der Waals surface area contributed by atoms with Crippen molar-refractivity contribution >= 4 is 11.5 Å². The Morgan fingerprint density at radius 3 is 2.96 bits per heavy atom. The van der Waals surface area contributed by atoms with E-state index in [-0.39, 0.29) is 6.79 Å². The largest absolute Gasteiger partial charge is 0.496 e. The van der Waals surface area contributed by atoms with E-state index in [1.807, 2.05) is 53.1 Å². The highest BCUT2D eigenvalue weighted by atomic mass is 16.7. The van der Waals surface area contributed by atoms with E-state index in [1.165, 1.54) is 0 Å². The van der Waals surface area contributed by atoms with Gasteiger partial charge in [0, 0.05) is 24.5 Å². The third-order valence-corrected chi connectivity index (χ3v) is 4.69. The molecule has 0 atom stereocenters. The lowest BCUT2D eigenvalue weighted by Crippen LogP contribution is -2.04. The molecule has 140 valence electrons. The van der Waals surface area contributed by atoms with Crippen LogP contribution in [0.1, 0.15) is 5.56 Å². The Morgan fingerprint density at radius 2 is 2.04 bits per heavy atom. The van der Waals surface area contributed by atoms with Crippen molar-refractivity contribution in [2.45, 2.75) is 6.54 Å². The molecule has 7 nitrogen and oxygen atoms in total. The second kappa shape index (κ2) is 6.77. The fourth-order valence-electron chi connectivity index (χ4n) is 3.34. The number of benzene rings is 2. The van der Waals surface area contributed by atoms with Crippen LogP contribution in [0.15, 0.2) is 61.1 Å². The predicted octanol–water partition coefficient (Wildman–Crippen LogP) is 3.75. The molecule has 3 heterocycles. The van der Waals surface area contributed by atoms with Gasteiger partial charge in [0.25, 0.3) is 0 Å². The number of nitrogens with zero attached hydrogens (tertiary/aromatic N) is 3. The summed E-state index contributed by atoms with van der Waals surface area (Å²) in [7, 11) is 1.66. The number of anilines is 1. The monoisotopic (exact) mass is 374 g/mol. The Kier molecular flexibility index (Phi) is 3.97. The van der Waals surface area contributed by atoms with Gasteiger partial charge in [-0.05, 0) is 29.8 Å². The zero-order valence-electron chi connectivity index (χ0n) is 15.3. The van der Waals surface area contributed by atoms with E-state index in [0.717, 1.165) is 45.5 Å². The maximum absolute atomic E-state index is 5.54. The van der Waals surface area contributed by atoms with Crippen molar-refractivity contribution in [3.05, 3.63) is 66.6 Å². The molecule has 2 aromatic heterocycles. The second-order valence-electron chi connectivity index (χ2n) is 6.35. The van der Waals surface area contributed by atoms with E-state index in [9.17, 15) is 0 Å². The average molecular weight is 374 g/mol. The number of methoxy groups -OCH3 is 1. The highest BCUT2D eigenvalue weighted by molar-refractivity contribution is 5.80. The second-order valence-corrected chi connectivity index (χ2v) is 6.35. The summed E-state index contributed by atoms with van der Waals surface area (Å²) in [6.07, 6.45) is 5.38. The maximum Gasteiger partial charge on any atom is 0.231 e. The van der Waals surface area contributed by atoms with Crippen LogP contribution in [0.2, 0.25) is 0 Å². The Bertz CT molecular complexity index is 1160. The molecule has 0 aliphatic carbocycles. The van der Waals surface area contributed by atoms with E-state index >= 15 is 0 Å². The molecule has 1 aliphatic heterocycles. The predicted molar refractivity (Wildman–Crippen MR) is 105 cm³/mol. The summed E-state index contributed by atoms with van der Waals surface area (Å²) < 4.78 is 18.4. The molecule has 28 heavy (non-hydrogen) atoms. The number of ether oxygens (including phenoxy) is 3. The van der Waals surface area contributed by atoms with Crippen LogP contribution in [0.25, 0.3) is 16.9 Å². The summed E-state index contributed by atoms with van der Waals surface area (Å²) in [5, 5.41) is 3.51. The maximum atomic E-state index is 5.54. The van der Waals surface area contributed by atoms with Crippen molar-refractivity contribution in [2.75, 3.05) is 19.2 Å². The number of rotatable bonds is 5. The molecule has 1 aliphatic rings. The van der Waals surface area contributed by atoms with Gasteiger partial charge in [0.15, 0.2) is 17.1 Å². The van der Waals surface area contributed by atoms with Crippen LogP contribution in [-0.4, -0.2) is 28.3 Å². The SMILES string of the molecule is COc1ccccc1-c1nc2cnccn2c1NCc1ccc2c(c1)OCO2. The number of aromatic nitrogens is 3. The van der Waals surface area contributed by atoms with Gasteiger partial charge in [-0.2, -0.15) is 0 Å². The van der Waals surface area contributed by atoms with Crippen molar-refractivity contribution in [1.29, 1.82) is 0 Å². The lowest BCUT2D eigenvalue weighted by molar-refractivity contribution is 0.174. The zero-order chi connectivity index (χ0) is 18.9. The van der Waals surface area contributed by atoms with Crippen LogP contribution in [0, 0.1) is 0 Å². The topological polar surface area (TPSA) is 69.9 Å². The van der Waals surface area contributed by atoms with Crippen LogP contribution in [-0.2, 0) is 6.54 Å². The van der Waals surface area contributed by atoms with Crippen molar-refractivity contribution in [3.8, 4) is 28.5 Å². The summed E-state index contributed by atoms with van der Waals surface area (Å²) in [5.41, 5.74) is 3.57. The fourth-order valence-corrected chi connectivity index (χ4v) is 3.34. The first-order valence-corrected chi connectivity index (χ1v) is 8.91.